The summed E-state index contributed by atoms with van der Waals surface area (Å²) >= 11 is 0. The topological polar surface area (TPSA) is 47.0 Å². The van der Waals surface area contributed by atoms with E-state index >= 15 is 0 Å². The van der Waals surface area contributed by atoms with Crippen molar-refractivity contribution in [3.63, 3.8) is 0 Å². The molecule has 134 valence electrons. The number of hydrogen-bond acceptors (Lipinski definition) is 4. The Labute approximate surface area is 145 Å². The summed E-state index contributed by atoms with van der Waals surface area (Å²) < 4.78 is 0. The van der Waals surface area contributed by atoms with Crippen molar-refractivity contribution >= 4 is 5.91 Å². The zero-order valence-electron chi connectivity index (χ0n) is 15.2. The van der Waals surface area contributed by atoms with Gasteiger partial charge in [0.15, 0.2) is 0 Å². The van der Waals surface area contributed by atoms with Crippen LogP contribution in [0, 0.1) is 6.92 Å². The van der Waals surface area contributed by atoms with Crippen LogP contribution in [-0.4, -0.2) is 78.1 Å². The molecule has 1 fully saturated rings. The molecule has 0 bridgehead atoms. The Morgan fingerprint density at radius 3 is 2.58 bits per heavy atom. The second-order valence-corrected chi connectivity index (χ2v) is 7.04. The number of aliphatic hydroxyl groups excluding tert-OH is 1. The predicted molar refractivity (Wildman–Crippen MR) is 96.8 cm³/mol. The number of benzene rings is 1. The maximum Gasteiger partial charge on any atom is 0.236 e. The normalized spacial score (nSPS) is 17.8. The lowest BCUT2D eigenvalue weighted by Crippen LogP contribution is -2.42. The second kappa shape index (κ2) is 9.16. The zero-order chi connectivity index (χ0) is 17.5. The lowest BCUT2D eigenvalue weighted by molar-refractivity contribution is -0.132. The zero-order valence-corrected chi connectivity index (χ0v) is 15.2. The molecule has 1 aliphatic rings. The molecule has 2 rings (SSSR count). The van der Waals surface area contributed by atoms with E-state index in [0.29, 0.717) is 13.1 Å². The largest absolute Gasteiger partial charge is 0.392 e. The second-order valence-electron chi connectivity index (χ2n) is 7.04. The van der Waals surface area contributed by atoms with Crippen molar-refractivity contribution in [1.82, 2.24) is 14.7 Å². The first-order valence-corrected chi connectivity index (χ1v) is 8.86. The van der Waals surface area contributed by atoms with Crippen molar-refractivity contribution in [2.24, 2.45) is 0 Å². The van der Waals surface area contributed by atoms with Crippen LogP contribution in [0.4, 0.5) is 0 Å². The van der Waals surface area contributed by atoms with E-state index in [2.05, 4.69) is 36.1 Å². The molecule has 1 N–H and O–H groups in total. The van der Waals surface area contributed by atoms with Crippen molar-refractivity contribution in [1.29, 1.82) is 0 Å². The van der Waals surface area contributed by atoms with Gasteiger partial charge >= 0.3 is 0 Å². The molecular weight excluding hydrogens is 302 g/mol. The Bertz CT molecular complexity index is 516. The van der Waals surface area contributed by atoms with Gasteiger partial charge in [-0.2, -0.15) is 0 Å². The van der Waals surface area contributed by atoms with Crippen LogP contribution in [-0.2, 0) is 11.3 Å². The van der Waals surface area contributed by atoms with Crippen LogP contribution in [0.15, 0.2) is 24.3 Å². The van der Waals surface area contributed by atoms with E-state index < -0.39 is 6.10 Å². The summed E-state index contributed by atoms with van der Waals surface area (Å²) in [7, 11) is 1.88. The number of carbonyl (C=O) groups is 1. The highest BCUT2D eigenvalue weighted by atomic mass is 16.3. The summed E-state index contributed by atoms with van der Waals surface area (Å²) in [5.41, 5.74) is 2.62. The minimum Gasteiger partial charge on any atom is -0.392 e. The van der Waals surface area contributed by atoms with Gasteiger partial charge in [-0.1, -0.05) is 29.8 Å². The van der Waals surface area contributed by atoms with E-state index in [1.54, 1.807) is 6.92 Å². The Morgan fingerprint density at radius 2 is 1.92 bits per heavy atom. The quantitative estimate of drug-likeness (QED) is 0.853. The molecule has 1 aliphatic heterocycles. The number of rotatable bonds is 6. The molecule has 1 aromatic carbocycles. The van der Waals surface area contributed by atoms with Crippen LogP contribution in [0.3, 0.4) is 0 Å². The lowest BCUT2D eigenvalue weighted by Gasteiger charge is -2.25. The molecule has 1 unspecified atom stereocenters. The standard InChI is InChI=1S/C19H31N3O2/c1-16-5-7-18(8-6-16)14-21-9-4-10-22(12-11-21)19(24)15-20(3)13-17(2)23/h5-8,17,23H,4,9-15H2,1-3H3. The molecule has 0 radical (unpaired) electrons. The van der Waals surface area contributed by atoms with Crippen LogP contribution in [0.5, 0.6) is 0 Å². The third kappa shape index (κ3) is 6.23. The van der Waals surface area contributed by atoms with Gasteiger partial charge in [-0.25, -0.2) is 0 Å². The molecule has 1 amide bonds. The Balaban J connectivity index is 1.81. The van der Waals surface area contributed by atoms with Gasteiger partial charge in [0.2, 0.25) is 5.91 Å². The van der Waals surface area contributed by atoms with Crippen LogP contribution in [0.25, 0.3) is 0 Å². The highest BCUT2D eigenvalue weighted by Crippen LogP contribution is 2.10. The Kier molecular flexibility index (Phi) is 7.21. The fraction of sp³-hybridized carbons (Fsp3) is 0.632. The van der Waals surface area contributed by atoms with Crippen molar-refractivity contribution in [2.75, 3.05) is 46.3 Å². The number of aryl methyl sites for hydroxylation is 1. The number of nitrogens with zero attached hydrogens (tertiary/aromatic N) is 3. The van der Waals surface area contributed by atoms with Crippen molar-refractivity contribution in [3.05, 3.63) is 35.4 Å². The number of likely N-dealkylation sites (N-methyl/N-ethyl adjacent to an activating group) is 1. The smallest absolute Gasteiger partial charge is 0.236 e. The first kappa shape index (κ1) is 18.9. The summed E-state index contributed by atoms with van der Waals surface area (Å²) in [6, 6.07) is 8.68. The number of aliphatic hydroxyl groups is 1. The van der Waals surface area contributed by atoms with Crippen molar-refractivity contribution in [3.8, 4) is 0 Å². The summed E-state index contributed by atoms with van der Waals surface area (Å²) in [4.78, 5) is 18.7. The first-order chi connectivity index (χ1) is 11.4. The van der Waals surface area contributed by atoms with Gasteiger partial charge in [-0.3, -0.25) is 14.6 Å². The van der Waals surface area contributed by atoms with E-state index in [1.165, 1.54) is 11.1 Å². The molecular formula is C19H31N3O2. The summed E-state index contributed by atoms with van der Waals surface area (Å²) in [5.74, 6) is 0.162. The van der Waals surface area contributed by atoms with Gasteiger partial charge in [-0.05, 0) is 32.9 Å². The Hall–Kier alpha value is -1.43. The molecule has 0 spiro atoms. The molecule has 0 aliphatic carbocycles. The minimum absolute atomic E-state index is 0.162. The highest BCUT2D eigenvalue weighted by Gasteiger charge is 2.20. The summed E-state index contributed by atoms with van der Waals surface area (Å²) in [6.07, 6.45) is 0.606. The highest BCUT2D eigenvalue weighted by molar-refractivity contribution is 5.78. The van der Waals surface area contributed by atoms with E-state index in [9.17, 15) is 9.90 Å². The van der Waals surface area contributed by atoms with Gasteiger partial charge in [-0.15, -0.1) is 0 Å². The number of hydrogen-bond donors (Lipinski definition) is 1. The third-order valence-electron chi connectivity index (χ3n) is 4.45. The van der Waals surface area contributed by atoms with Gasteiger partial charge in [0.1, 0.15) is 0 Å². The number of amides is 1. The lowest BCUT2D eigenvalue weighted by atomic mass is 10.1. The van der Waals surface area contributed by atoms with Crippen molar-refractivity contribution < 1.29 is 9.90 Å². The van der Waals surface area contributed by atoms with E-state index in [-0.39, 0.29) is 5.91 Å². The molecule has 24 heavy (non-hydrogen) atoms. The van der Waals surface area contributed by atoms with Gasteiger partial charge in [0.05, 0.1) is 12.6 Å². The predicted octanol–water partition coefficient (Wildman–Crippen LogP) is 1.34. The average Bonchev–Trinajstić information content (AvgIpc) is 2.74. The molecule has 1 heterocycles. The molecule has 1 saturated heterocycles. The molecule has 1 aromatic rings. The number of carbonyl (C=O) groups excluding carboxylic acids is 1. The van der Waals surface area contributed by atoms with E-state index in [4.69, 9.17) is 0 Å². The summed E-state index contributed by atoms with van der Waals surface area (Å²) in [5, 5.41) is 9.41. The molecule has 0 saturated carbocycles. The van der Waals surface area contributed by atoms with Crippen LogP contribution < -0.4 is 0 Å². The van der Waals surface area contributed by atoms with Crippen molar-refractivity contribution in [2.45, 2.75) is 32.9 Å². The van der Waals surface area contributed by atoms with Gasteiger partial charge in [0, 0.05) is 39.3 Å². The van der Waals surface area contributed by atoms with E-state index in [0.717, 1.165) is 39.1 Å². The van der Waals surface area contributed by atoms with E-state index in [1.807, 2.05) is 16.8 Å². The molecule has 0 aromatic heterocycles. The van der Waals surface area contributed by atoms with Gasteiger partial charge in [0.25, 0.3) is 0 Å². The summed E-state index contributed by atoms with van der Waals surface area (Å²) in [6.45, 7) is 9.26. The minimum atomic E-state index is -0.406. The fourth-order valence-electron chi connectivity index (χ4n) is 3.18. The molecule has 5 heteroatoms. The maximum absolute atomic E-state index is 12.4. The SMILES string of the molecule is Cc1ccc(CN2CCCN(C(=O)CN(C)CC(C)O)CC2)cc1. The van der Waals surface area contributed by atoms with Crippen LogP contribution >= 0.6 is 0 Å². The van der Waals surface area contributed by atoms with Crippen LogP contribution in [0.2, 0.25) is 0 Å². The van der Waals surface area contributed by atoms with Crippen LogP contribution in [0.1, 0.15) is 24.5 Å². The van der Waals surface area contributed by atoms with Gasteiger partial charge < -0.3 is 10.0 Å². The first-order valence-electron chi connectivity index (χ1n) is 8.86. The maximum atomic E-state index is 12.4. The Morgan fingerprint density at radius 1 is 1.21 bits per heavy atom. The molecule has 1 atom stereocenters. The average molecular weight is 333 g/mol. The monoisotopic (exact) mass is 333 g/mol. The third-order valence-corrected chi connectivity index (χ3v) is 4.45. The fourth-order valence-corrected chi connectivity index (χ4v) is 3.18. The molecule has 5 nitrogen and oxygen atoms in total.